The molecule has 2 rings (SSSR count). The van der Waals surface area contributed by atoms with E-state index in [1.165, 1.54) is 0 Å². The summed E-state index contributed by atoms with van der Waals surface area (Å²) in [5.41, 5.74) is 0. The van der Waals surface area contributed by atoms with Crippen molar-refractivity contribution < 1.29 is 9.13 Å². The Kier molecular flexibility index (Phi) is 3.79. The zero-order valence-electron chi connectivity index (χ0n) is 9.49. The van der Waals surface area contributed by atoms with Crippen LogP contribution in [-0.4, -0.2) is 37.0 Å². The van der Waals surface area contributed by atoms with Crippen molar-refractivity contribution in [3.05, 3.63) is 0 Å². The minimum atomic E-state index is -1.78. The normalized spacial score (nSPS) is 28.3. The van der Waals surface area contributed by atoms with Gasteiger partial charge in [0.05, 0.1) is 14.3 Å². The van der Waals surface area contributed by atoms with E-state index in [0.717, 1.165) is 69.1 Å². The lowest BCUT2D eigenvalue weighted by Crippen LogP contribution is -1.98. The summed E-state index contributed by atoms with van der Waals surface area (Å²) in [6.07, 6.45) is 11.3. The SMILES string of the molecule is O=P1(CCCP2(=O)CCCC2)CCCC1. The molecule has 2 heterocycles. The molecule has 0 unspecified atom stereocenters. The predicted octanol–water partition coefficient (Wildman–Crippen LogP) is 3.69. The van der Waals surface area contributed by atoms with Crippen LogP contribution < -0.4 is 0 Å². The van der Waals surface area contributed by atoms with E-state index in [-0.39, 0.29) is 0 Å². The second-order valence-electron chi connectivity index (χ2n) is 5.23. The first kappa shape index (κ1) is 11.9. The third kappa shape index (κ3) is 3.21. The Hall–Kier alpha value is 0.460. The summed E-state index contributed by atoms with van der Waals surface area (Å²) >= 11 is 0. The van der Waals surface area contributed by atoms with Crippen LogP contribution in [0, 0.1) is 0 Å². The van der Waals surface area contributed by atoms with Crippen LogP contribution in [0.25, 0.3) is 0 Å². The maximum atomic E-state index is 12.2. The molecule has 2 aliphatic rings. The minimum absolute atomic E-state index is 0.886. The number of hydrogen-bond acceptors (Lipinski definition) is 2. The zero-order chi connectivity index (χ0) is 10.8. The molecule has 2 saturated heterocycles. The Morgan fingerprint density at radius 2 is 1.00 bits per heavy atom. The maximum absolute atomic E-state index is 12.2. The van der Waals surface area contributed by atoms with Crippen molar-refractivity contribution in [2.45, 2.75) is 32.1 Å². The van der Waals surface area contributed by atoms with Gasteiger partial charge in [-0.05, 0) is 32.1 Å². The van der Waals surface area contributed by atoms with Gasteiger partial charge in [-0.15, -0.1) is 0 Å². The summed E-state index contributed by atoms with van der Waals surface area (Å²) in [4.78, 5) is 0. The van der Waals surface area contributed by atoms with Crippen LogP contribution >= 0.6 is 14.3 Å². The second-order valence-corrected chi connectivity index (χ2v) is 12.1. The molecule has 2 fully saturated rings. The molecule has 0 atom stereocenters. The summed E-state index contributed by atoms with van der Waals surface area (Å²) in [6, 6.07) is 0. The van der Waals surface area contributed by atoms with Crippen molar-refractivity contribution in [1.82, 2.24) is 0 Å². The number of hydrogen-bond donors (Lipinski definition) is 0. The third-order valence-electron chi connectivity index (χ3n) is 3.89. The molecule has 0 bridgehead atoms. The molecule has 0 amide bonds. The minimum Gasteiger partial charge on any atom is -0.324 e. The molecule has 4 heteroatoms. The van der Waals surface area contributed by atoms with Gasteiger partial charge in [0, 0.05) is 37.0 Å². The molecule has 0 aromatic heterocycles. The van der Waals surface area contributed by atoms with Crippen LogP contribution in [0.15, 0.2) is 0 Å². The standard InChI is InChI=1S/C11H22O2P2/c12-14(6-1-2-7-14)10-5-11-15(13)8-3-4-9-15/h1-11H2. The molecule has 0 aromatic carbocycles. The molecule has 0 N–H and O–H groups in total. The van der Waals surface area contributed by atoms with Crippen molar-refractivity contribution in [1.29, 1.82) is 0 Å². The van der Waals surface area contributed by atoms with Gasteiger partial charge in [-0.25, -0.2) is 0 Å². The fraction of sp³-hybridized carbons (Fsp3) is 1.00. The van der Waals surface area contributed by atoms with Gasteiger partial charge < -0.3 is 9.13 Å². The molecule has 0 saturated carbocycles. The fourth-order valence-electron chi connectivity index (χ4n) is 2.92. The van der Waals surface area contributed by atoms with Crippen LogP contribution in [0.2, 0.25) is 0 Å². The zero-order valence-corrected chi connectivity index (χ0v) is 11.3. The van der Waals surface area contributed by atoms with Gasteiger partial charge in [0.25, 0.3) is 0 Å². The van der Waals surface area contributed by atoms with Crippen LogP contribution in [0.5, 0.6) is 0 Å². The van der Waals surface area contributed by atoms with Gasteiger partial charge in [-0.2, -0.15) is 0 Å². The van der Waals surface area contributed by atoms with E-state index in [0.29, 0.717) is 0 Å². The summed E-state index contributed by atoms with van der Waals surface area (Å²) in [7, 11) is -3.56. The molecule has 2 aliphatic heterocycles. The van der Waals surface area contributed by atoms with Crippen LogP contribution in [0.1, 0.15) is 32.1 Å². The first-order valence-corrected chi connectivity index (χ1v) is 10.8. The van der Waals surface area contributed by atoms with Gasteiger partial charge >= 0.3 is 0 Å². The molecular weight excluding hydrogens is 226 g/mol. The highest BCUT2D eigenvalue weighted by atomic mass is 31.2. The van der Waals surface area contributed by atoms with Crippen LogP contribution in [0.3, 0.4) is 0 Å². The van der Waals surface area contributed by atoms with Crippen LogP contribution in [0.4, 0.5) is 0 Å². The van der Waals surface area contributed by atoms with E-state index in [1.807, 2.05) is 0 Å². The Morgan fingerprint density at radius 3 is 1.33 bits per heavy atom. The summed E-state index contributed by atoms with van der Waals surface area (Å²) in [5, 5.41) is 0. The van der Waals surface area contributed by atoms with E-state index in [1.54, 1.807) is 0 Å². The van der Waals surface area contributed by atoms with Crippen molar-refractivity contribution in [2.24, 2.45) is 0 Å². The Labute approximate surface area is 93.0 Å². The Bertz CT molecular complexity index is 262. The van der Waals surface area contributed by atoms with E-state index in [9.17, 15) is 9.13 Å². The van der Waals surface area contributed by atoms with Gasteiger partial charge in [0.1, 0.15) is 0 Å². The first-order valence-electron chi connectivity index (χ1n) is 6.26. The second kappa shape index (κ2) is 4.76. The Balaban J connectivity index is 1.74. The molecule has 0 spiro atoms. The average molecular weight is 248 g/mol. The lowest BCUT2D eigenvalue weighted by Gasteiger charge is -2.13. The van der Waals surface area contributed by atoms with Crippen molar-refractivity contribution in [3.8, 4) is 0 Å². The van der Waals surface area contributed by atoms with Gasteiger partial charge in [-0.1, -0.05) is 0 Å². The van der Waals surface area contributed by atoms with Gasteiger partial charge in [0.2, 0.25) is 0 Å². The summed E-state index contributed by atoms with van der Waals surface area (Å²) in [6.45, 7) is 0. The topological polar surface area (TPSA) is 34.1 Å². The highest BCUT2D eigenvalue weighted by molar-refractivity contribution is 7.65. The molecule has 88 valence electrons. The predicted molar refractivity (Wildman–Crippen MR) is 67.5 cm³/mol. The molecule has 0 aromatic rings. The van der Waals surface area contributed by atoms with Gasteiger partial charge in [0.15, 0.2) is 0 Å². The fourth-order valence-corrected chi connectivity index (χ4v) is 9.18. The summed E-state index contributed by atoms with van der Waals surface area (Å²) in [5.74, 6) is 0. The third-order valence-corrected chi connectivity index (χ3v) is 10.7. The molecule has 0 radical (unpaired) electrons. The lowest BCUT2D eigenvalue weighted by atomic mass is 10.4. The monoisotopic (exact) mass is 248 g/mol. The van der Waals surface area contributed by atoms with E-state index in [2.05, 4.69) is 0 Å². The van der Waals surface area contributed by atoms with E-state index < -0.39 is 14.3 Å². The molecular formula is C11H22O2P2. The number of rotatable bonds is 4. The quantitative estimate of drug-likeness (QED) is 0.711. The van der Waals surface area contributed by atoms with Crippen molar-refractivity contribution in [3.63, 3.8) is 0 Å². The average Bonchev–Trinajstić information content (AvgIpc) is 2.76. The Morgan fingerprint density at radius 1 is 0.667 bits per heavy atom. The lowest BCUT2D eigenvalue weighted by molar-refractivity contribution is 0.574. The van der Waals surface area contributed by atoms with Gasteiger partial charge in [-0.3, -0.25) is 0 Å². The highest BCUT2D eigenvalue weighted by Gasteiger charge is 2.30. The highest BCUT2D eigenvalue weighted by Crippen LogP contribution is 2.56. The van der Waals surface area contributed by atoms with Crippen molar-refractivity contribution >= 4 is 14.3 Å². The van der Waals surface area contributed by atoms with Crippen molar-refractivity contribution in [2.75, 3.05) is 37.0 Å². The van der Waals surface area contributed by atoms with E-state index >= 15 is 0 Å². The molecule has 2 nitrogen and oxygen atoms in total. The molecule has 15 heavy (non-hydrogen) atoms. The smallest absolute Gasteiger partial charge is 0.0877 e. The maximum Gasteiger partial charge on any atom is 0.0877 e. The summed E-state index contributed by atoms with van der Waals surface area (Å²) < 4.78 is 24.4. The van der Waals surface area contributed by atoms with E-state index in [4.69, 9.17) is 0 Å². The molecule has 0 aliphatic carbocycles. The first-order chi connectivity index (χ1) is 7.12. The largest absolute Gasteiger partial charge is 0.324 e. The van der Waals surface area contributed by atoms with Crippen LogP contribution in [-0.2, 0) is 9.13 Å².